The maximum atomic E-state index is 5.18. The lowest BCUT2D eigenvalue weighted by atomic mass is 10.2. The standard InChI is InChI=1S/C15H21N5O/c1-3-4-5-9-16-14-11-17-20-15(19-14)18-12-7-6-8-13(10-12)21-2/h6-8,10-11H,3-5,9H2,1-2H3,(H2,16,18,19,20). The first-order chi connectivity index (χ1) is 10.3. The van der Waals surface area contributed by atoms with E-state index in [1.54, 1.807) is 13.3 Å². The molecule has 0 saturated heterocycles. The van der Waals surface area contributed by atoms with Crippen molar-refractivity contribution in [3.63, 3.8) is 0 Å². The molecule has 2 rings (SSSR count). The van der Waals surface area contributed by atoms with Crippen LogP contribution in [0.2, 0.25) is 0 Å². The van der Waals surface area contributed by atoms with Gasteiger partial charge in [0.25, 0.3) is 0 Å². The van der Waals surface area contributed by atoms with Gasteiger partial charge in [0, 0.05) is 18.3 Å². The highest BCUT2D eigenvalue weighted by Gasteiger charge is 2.02. The molecule has 1 heterocycles. The summed E-state index contributed by atoms with van der Waals surface area (Å²) in [6.45, 7) is 3.08. The zero-order valence-electron chi connectivity index (χ0n) is 12.5. The Bertz CT molecular complexity index is 561. The van der Waals surface area contributed by atoms with E-state index in [4.69, 9.17) is 4.74 Å². The van der Waals surface area contributed by atoms with Crippen LogP contribution in [0.4, 0.5) is 17.5 Å². The topological polar surface area (TPSA) is 72.0 Å². The summed E-state index contributed by atoms with van der Waals surface area (Å²) >= 11 is 0. The third kappa shape index (κ3) is 4.91. The number of nitrogens with zero attached hydrogens (tertiary/aromatic N) is 3. The fourth-order valence-corrected chi connectivity index (χ4v) is 1.86. The predicted octanol–water partition coefficient (Wildman–Crippen LogP) is 3.23. The second kappa shape index (κ2) is 8.04. The van der Waals surface area contributed by atoms with Gasteiger partial charge in [-0.2, -0.15) is 10.1 Å². The highest BCUT2D eigenvalue weighted by atomic mass is 16.5. The van der Waals surface area contributed by atoms with Crippen LogP contribution >= 0.6 is 0 Å². The molecule has 0 atom stereocenters. The minimum absolute atomic E-state index is 0.462. The smallest absolute Gasteiger partial charge is 0.249 e. The largest absolute Gasteiger partial charge is 0.497 e. The number of aromatic nitrogens is 3. The summed E-state index contributed by atoms with van der Waals surface area (Å²) in [5, 5.41) is 14.3. The number of hydrogen-bond donors (Lipinski definition) is 2. The SMILES string of the molecule is CCCCCNc1cnnc(Nc2cccc(OC)c2)n1. The van der Waals surface area contributed by atoms with Crippen molar-refractivity contribution in [3.05, 3.63) is 30.5 Å². The van der Waals surface area contributed by atoms with Gasteiger partial charge >= 0.3 is 0 Å². The molecule has 6 nitrogen and oxygen atoms in total. The van der Waals surface area contributed by atoms with Crippen LogP contribution in [0.25, 0.3) is 0 Å². The van der Waals surface area contributed by atoms with Crippen LogP contribution < -0.4 is 15.4 Å². The van der Waals surface area contributed by atoms with E-state index in [9.17, 15) is 0 Å². The van der Waals surface area contributed by atoms with Gasteiger partial charge < -0.3 is 15.4 Å². The molecule has 0 aliphatic heterocycles. The van der Waals surface area contributed by atoms with E-state index in [1.165, 1.54) is 12.8 Å². The van der Waals surface area contributed by atoms with Gasteiger partial charge in [-0.3, -0.25) is 0 Å². The van der Waals surface area contributed by atoms with Gasteiger partial charge in [-0.25, -0.2) is 0 Å². The lowest BCUT2D eigenvalue weighted by molar-refractivity contribution is 0.415. The molecule has 0 radical (unpaired) electrons. The lowest BCUT2D eigenvalue weighted by Crippen LogP contribution is -2.06. The van der Waals surface area contributed by atoms with E-state index >= 15 is 0 Å². The molecule has 112 valence electrons. The maximum absolute atomic E-state index is 5.18. The molecule has 0 saturated carbocycles. The van der Waals surface area contributed by atoms with E-state index in [0.29, 0.717) is 5.95 Å². The third-order valence-corrected chi connectivity index (χ3v) is 2.97. The molecule has 0 spiro atoms. The second-order valence-electron chi connectivity index (χ2n) is 4.66. The maximum Gasteiger partial charge on any atom is 0.249 e. The van der Waals surface area contributed by atoms with Crippen molar-refractivity contribution in [2.75, 3.05) is 24.3 Å². The highest BCUT2D eigenvalue weighted by molar-refractivity contribution is 5.56. The molecule has 21 heavy (non-hydrogen) atoms. The Morgan fingerprint density at radius 1 is 1.24 bits per heavy atom. The van der Waals surface area contributed by atoms with E-state index in [1.807, 2.05) is 24.3 Å². The summed E-state index contributed by atoms with van der Waals surface area (Å²) in [6.07, 6.45) is 5.16. The van der Waals surface area contributed by atoms with Crippen LogP contribution in [0.1, 0.15) is 26.2 Å². The van der Waals surface area contributed by atoms with Gasteiger partial charge in [0.15, 0.2) is 5.82 Å². The number of rotatable bonds is 8. The van der Waals surface area contributed by atoms with Crippen molar-refractivity contribution in [2.24, 2.45) is 0 Å². The Hall–Kier alpha value is -2.37. The van der Waals surface area contributed by atoms with Crippen LogP contribution in [0.15, 0.2) is 30.5 Å². The van der Waals surface area contributed by atoms with Gasteiger partial charge in [-0.15, -0.1) is 5.10 Å². The molecular formula is C15H21N5O. The summed E-state index contributed by atoms with van der Waals surface area (Å²) in [5.41, 5.74) is 0.860. The Balaban J connectivity index is 1.96. The minimum Gasteiger partial charge on any atom is -0.497 e. The zero-order chi connectivity index (χ0) is 14.9. The summed E-state index contributed by atoms with van der Waals surface area (Å²) in [6, 6.07) is 7.59. The van der Waals surface area contributed by atoms with Crippen molar-refractivity contribution < 1.29 is 4.74 Å². The van der Waals surface area contributed by atoms with Crippen molar-refractivity contribution in [2.45, 2.75) is 26.2 Å². The van der Waals surface area contributed by atoms with Crippen LogP contribution in [0, 0.1) is 0 Å². The molecule has 1 aromatic carbocycles. The van der Waals surface area contributed by atoms with E-state index in [2.05, 4.69) is 32.7 Å². The molecule has 0 aliphatic carbocycles. The van der Waals surface area contributed by atoms with E-state index in [0.717, 1.165) is 30.2 Å². The first-order valence-electron chi connectivity index (χ1n) is 7.16. The fraction of sp³-hybridized carbons (Fsp3) is 0.400. The Kier molecular flexibility index (Phi) is 5.75. The Labute approximate surface area is 125 Å². The number of benzene rings is 1. The number of nitrogens with one attached hydrogen (secondary N) is 2. The number of hydrogen-bond acceptors (Lipinski definition) is 6. The average Bonchev–Trinajstić information content (AvgIpc) is 2.52. The van der Waals surface area contributed by atoms with Crippen LogP contribution in [0.5, 0.6) is 5.75 Å². The zero-order valence-corrected chi connectivity index (χ0v) is 12.5. The normalized spacial score (nSPS) is 10.2. The third-order valence-electron chi connectivity index (χ3n) is 2.97. The van der Waals surface area contributed by atoms with Gasteiger partial charge in [-0.05, 0) is 18.6 Å². The van der Waals surface area contributed by atoms with E-state index < -0.39 is 0 Å². The van der Waals surface area contributed by atoms with Crippen LogP contribution in [-0.4, -0.2) is 28.8 Å². The molecule has 6 heteroatoms. The summed E-state index contributed by atoms with van der Waals surface area (Å²) in [5.74, 6) is 1.97. The predicted molar refractivity (Wildman–Crippen MR) is 84.1 cm³/mol. The molecule has 0 fully saturated rings. The molecular weight excluding hydrogens is 266 g/mol. The molecule has 0 bridgehead atoms. The van der Waals surface area contributed by atoms with Crippen molar-refractivity contribution >= 4 is 17.5 Å². The van der Waals surface area contributed by atoms with Crippen LogP contribution in [-0.2, 0) is 0 Å². The number of ether oxygens (including phenoxy) is 1. The average molecular weight is 287 g/mol. The molecule has 2 N–H and O–H groups in total. The fourth-order valence-electron chi connectivity index (χ4n) is 1.86. The van der Waals surface area contributed by atoms with E-state index in [-0.39, 0.29) is 0 Å². The van der Waals surface area contributed by atoms with Crippen LogP contribution in [0.3, 0.4) is 0 Å². The van der Waals surface area contributed by atoms with Gasteiger partial charge in [0.05, 0.1) is 13.3 Å². The number of anilines is 3. The highest BCUT2D eigenvalue weighted by Crippen LogP contribution is 2.19. The quantitative estimate of drug-likeness (QED) is 0.726. The minimum atomic E-state index is 0.462. The molecule has 0 unspecified atom stereocenters. The van der Waals surface area contributed by atoms with Crippen molar-refractivity contribution in [1.82, 2.24) is 15.2 Å². The van der Waals surface area contributed by atoms with Gasteiger partial charge in [-0.1, -0.05) is 25.8 Å². The molecule has 0 aliphatic rings. The summed E-state index contributed by atoms with van der Waals surface area (Å²) in [7, 11) is 1.64. The molecule has 0 amide bonds. The number of methoxy groups -OCH3 is 1. The first kappa shape index (κ1) is 15.0. The molecule has 2 aromatic rings. The Morgan fingerprint density at radius 2 is 2.14 bits per heavy atom. The van der Waals surface area contributed by atoms with Gasteiger partial charge in [0.2, 0.25) is 5.95 Å². The summed E-state index contributed by atoms with van der Waals surface area (Å²) < 4.78 is 5.18. The van der Waals surface area contributed by atoms with Crippen molar-refractivity contribution in [1.29, 1.82) is 0 Å². The monoisotopic (exact) mass is 287 g/mol. The number of unbranched alkanes of at least 4 members (excludes halogenated alkanes) is 2. The first-order valence-corrected chi connectivity index (χ1v) is 7.16. The summed E-state index contributed by atoms with van der Waals surface area (Å²) in [4.78, 5) is 4.38. The van der Waals surface area contributed by atoms with Crippen molar-refractivity contribution in [3.8, 4) is 5.75 Å². The lowest BCUT2D eigenvalue weighted by Gasteiger charge is -2.08. The second-order valence-corrected chi connectivity index (χ2v) is 4.66. The Morgan fingerprint density at radius 3 is 2.95 bits per heavy atom. The molecule has 1 aromatic heterocycles. The van der Waals surface area contributed by atoms with Gasteiger partial charge in [0.1, 0.15) is 5.75 Å².